The van der Waals surface area contributed by atoms with Gasteiger partial charge in [0.25, 0.3) is 0 Å². The van der Waals surface area contributed by atoms with Gasteiger partial charge < -0.3 is 10.5 Å². The molecule has 1 aromatic carbocycles. The predicted octanol–water partition coefficient (Wildman–Crippen LogP) is 1.72. The van der Waals surface area contributed by atoms with Crippen molar-refractivity contribution >= 4 is 0 Å². The normalized spacial score (nSPS) is 18.4. The average Bonchev–Trinajstić information content (AvgIpc) is 2.47. The number of benzene rings is 1. The number of fused-ring (bicyclic) bond motifs is 1. The molecule has 1 atom stereocenters. The molecule has 1 aliphatic heterocycles. The quantitative estimate of drug-likeness (QED) is 0.869. The lowest BCUT2D eigenvalue weighted by atomic mass is 9.91. The third kappa shape index (κ3) is 1.89. The molecule has 0 spiro atoms. The maximum absolute atomic E-state index is 5.75. The van der Waals surface area contributed by atoms with Crippen LogP contribution in [0.4, 0.5) is 0 Å². The van der Waals surface area contributed by atoms with Crippen LogP contribution in [0.15, 0.2) is 36.8 Å². The Balaban J connectivity index is 2.12. The van der Waals surface area contributed by atoms with E-state index in [-0.39, 0.29) is 6.10 Å². The summed E-state index contributed by atoms with van der Waals surface area (Å²) in [5.74, 6) is 0. The van der Waals surface area contributed by atoms with Crippen molar-refractivity contribution in [3.05, 3.63) is 47.9 Å². The lowest BCUT2D eigenvalue weighted by Crippen LogP contribution is -2.23. The zero-order valence-electron chi connectivity index (χ0n) is 10.0. The zero-order valence-corrected chi connectivity index (χ0v) is 10.0. The Morgan fingerprint density at radius 3 is 3.06 bits per heavy atom. The van der Waals surface area contributed by atoms with E-state index in [1.165, 1.54) is 11.1 Å². The fourth-order valence-corrected chi connectivity index (χ4v) is 2.45. The van der Waals surface area contributed by atoms with Crippen LogP contribution in [0, 0.1) is 0 Å². The second kappa shape index (κ2) is 4.84. The lowest BCUT2D eigenvalue weighted by molar-refractivity contribution is 0.0486. The van der Waals surface area contributed by atoms with Crippen LogP contribution < -0.4 is 5.73 Å². The molecule has 0 amide bonds. The number of hydrogen-bond donors (Lipinski definition) is 1. The smallest absolute Gasteiger partial charge is 0.0950 e. The van der Waals surface area contributed by atoms with Gasteiger partial charge in [-0.3, -0.25) is 9.97 Å². The van der Waals surface area contributed by atoms with Gasteiger partial charge in [-0.25, -0.2) is 0 Å². The molecule has 3 rings (SSSR count). The van der Waals surface area contributed by atoms with Gasteiger partial charge in [0.2, 0.25) is 0 Å². The highest BCUT2D eigenvalue weighted by molar-refractivity contribution is 5.65. The van der Waals surface area contributed by atoms with Gasteiger partial charge in [0, 0.05) is 24.5 Å². The van der Waals surface area contributed by atoms with Crippen molar-refractivity contribution in [2.45, 2.75) is 12.5 Å². The largest absolute Gasteiger partial charge is 0.372 e. The highest BCUT2D eigenvalue weighted by Gasteiger charge is 2.22. The third-order valence-corrected chi connectivity index (χ3v) is 3.28. The molecule has 4 heteroatoms. The molecule has 1 aliphatic rings. The highest BCUT2D eigenvalue weighted by atomic mass is 16.5. The molecule has 0 bridgehead atoms. The first kappa shape index (κ1) is 11.3. The van der Waals surface area contributed by atoms with Gasteiger partial charge in [0.15, 0.2) is 0 Å². The maximum Gasteiger partial charge on any atom is 0.0950 e. The first-order chi connectivity index (χ1) is 8.90. The summed E-state index contributed by atoms with van der Waals surface area (Å²) in [5, 5.41) is 0. The SMILES string of the molecule is NC[C@@H]1OCCc2c(-c3cnccn3)cccc21. The van der Waals surface area contributed by atoms with Crippen LogP contribution in [0.5, 0.6) is 0 Å². The van der Waals surface area contributed by atoms with E-state index in [1.54, 1.807) is 18.6 Å². The summed E-state index contributed by atoms with van der Waals surface area (Å²) in [6.07, 6.45) is 6.10. The van der Waals surface area contributed by atoms with E-state index in [9.17, 15) is 0 Å². The number of aromatic nitrogens is 2. The van der Waals surface area contributed by atoms with Gasteiger partial charge in [-0.1, -0.05) is 18.2 Å². The molecule has 0 fully saturated rings. The number of ether oxygens (including phenoxy) is 1. The van der Waals surface area contributed by atoms with Crippen LogP contribution in [0.3, 0.4) is 0 Å². The molecule has 2 aromatic rings. The van der Waals surface area contributed by atoms with E-state index in [2.05, 4.69) is 22.1 Å². The Bertz CT molecular complexity index is 542. The first-order valence-corrected chi connectivity index (χ1v) is 6.10. The number of nitrogens with zero attached hydrogens (tertiary/aromatic N) is 2. The van der Waals surface area contributed by atoms with Crippen LogP contribution in [0.1, 0.15) is 17.2 Å². The van der Waals surface area contributed by atoms with E-state index >= 15 is 0 Å². The fourth-order valence-electron chi connectivity index (χ4n) is 2.45. The average molecular weight is 241 g/mol. The fraction of sp³-hybridized carbons (Fsp3) is 0.286. The van der Waals surface area contributed by atoms with Gasteiger partial charge in [0.1, 0.15) is 0 Å². The van der Waals surface area contributed by atoms with Crippen molar-refractivity contribution in [3.8, 4) is 11.3 Å². The number of rotatable bonds is 2. The van der Waals surface area contributed by atoms with Crippen molar-refractivity contribution in [1.29, 1.82) is 0 Å². The van der Waals surface area contributed by atoms with Gasteiger partial charge in [0.05, 0.1) is 24.6 Å². The van der Waals surface area contributed by atoms with E-state index in [0.29, 0.717) is 13.2 Å². The van der Waals surface area contributed by atoms with Crippen LogP contribution in [0.2, 0.25) is 0 Å². The Labute approximate surface area is 106 Å². The van der Waals surface area contributed by atoms with Crippen molar-refractivity contribution in [1.82, 2.24) is 9.97 Å². The topological polar surface area (TPSA) is 61.0 Å². The summed E-state index contributed by atoms with van der Waals surface area (Å²) in [6, 6.07) is 6.20. The Kier molecular flexibility index (Phi) is 3.04. The van der Waals surface area contributed by atoms with Crippen LogP contribution >= 0.6 is 0 Å². The van der Waals surface area contributed by atoms with Crippen LogP contribution in [-0.4, -0.2) is 23.1 Å². The molecule has 0 unspecified atom stereocenters. The van der Waals surface area contributed by atoms with E-state index in [1.807, 2.05) is 6.07 Å². The number of hydrogen-bond acceptors (Lipinski definition) is 4. The Morgan fingerprint density at radius 1 is 1.33 bits per heavy atom. The summed E-state index contributed by atoms with van der Waals surface area (Å²) in [6.45, 7) is 1.23. The summed E-state index contributed by atoms with van der Waals surface area (Å²) in [4.78, 5) is 8.50. The molecular formula is C14H15N3O. The third-order valence-electron chi connectivity index (χ3n) is 3.28. The standard InChI is InChI=1S/C14H15N3O/c15-8-14-12-3-1-2-11(10(12)4-7-18-14)13-9-16-5-6-17-13/h1-3,5-6,9,14H,4,7-8,15H2/t14-/m0/s1. The molecule has 1 aromatic heterocycles. The lowest BCUT2D eigenvalue weighted by Gasteiger charge is -2.26. The van der Waals surface area contributed by atoms with Gasteiger partial charge in [-0.05, 0) is 17.5 Å². The molecule has 0 saturated heterocycles. The van der Waals surface area contributed by atoms with Crippen LogP contribution in [-0.2, 0) is 11.2 Å². The van der Waals surface area contributed by atoms with Crippen molar-refractivity contribution in [2.75, 3.05) is 13.2 Å². The number of nitrogens with two attached hydrogens (primary N) is 1. The predicted molar refractivity (Wildman–Crippen MR) is 68.9 cm³/mol. The molecule has 0 aliphatic carbocycles. The van der Waals surface area contributed by atoms with Crippen molar-refractivity contribution in [2.24, 2.45) is 5.73 Å². The minimum absolute atomic E-state index is 0.00497. The summed E-state index contributed by atoms with van der Waals surface area (Å²) in [5.41, 5.74) is 10.3. The molecule has 0 radical (unpaired) electrons. The van der Waals surface area contributed by atoms with Crippen molar-refractivity contribution < 1.29 is 4.74 Å². The van der Waals surface area contributed by atoms with Gasteiger partial charge >= 0.3 is 0 Å². The second-order valence-electron chi connectivity index (χ2n) is 4.31. The Hall–Kier alpha value is -1.78. The van der Waals surface area contributed by atoms with E-state index < -0.39 is 0 Å². The Morgan fingerprint density at radius 2 is 2.28 bits per heavy atom. The molecule has 4 nitrogen and oxygen atoms in total. The molecule has 18 heavy (non-hydrogen) atoms. The second-order valence-corrected chi connectivity index (χ2v) is 4.31. The summed E-state index contributed by atoms with van der Waals surface area (Å²) in [7, 11) is 0. The first-order valence-electron chi connectivity index (χ1n) is 6.10. The van der Waals surface area contributed by atoms with E-state index in [0.717, 1.165) is 17.7 Å². The van der Waals surface area contributed by atoms with Crippen molar-refractivity contribution in [3.63, 3.8) is 0 Å². The minimum Gasteiger partial charge on any atom is -0.372 e. The summed E-state index contributed by atoms with van der Waals surface area (Å²) < 4.78 is 5.68. The minimum atomic E-state index is 0.00497. The van der Waals surface area contributed by atoms with Gasteiger partial charge in [-0.15, -0.1) is 0 Å². The van der Waals surface area contributed by atoms with Gasteiger partial charge in [-0.2, -0.15) is 0 Å². The maximum atomic E-state index is 5.75. The molecular weight excluding hydrogens is 226 g/mol. The molecule has 2 N–H and O–H groups in total. The molecule has 92 valence electrons. The summed E-state index contributed by atoms with van der Waals surface area (Å²) >= 11 is 0. The highest BCUT2D eigenvalue weighted by Crippen LogP contribution is 2.32. The monoisotopic (exact) mass is 241 g/mol. The van der Waals surface area contributed by atoms with E-state index in [4.69, 9.17) is 10.5 Å². The zero-order chi connectivity index (χ0) is 12.4. The molecule has 2 heterocycles. The molecule has 0 saturated carbocycles. The van der Waals surface area contributed by atoms with Crippen LogP contribution in [0.25, 0.3) is 11.3 Å².